The second-order valence-electron chi connectivity index (χ2n) is 1.29. The molecule has 0 bridgehead atoms. The van der Waals surface area contributed by atoms with E-state index in [1.807, 2.05) is 0 Å². The molecule has 0 heterocycles. The van der Waals surface area contributed by atoms with E-state index in [1.165, 1.54) is 0 Å². The molecular formula is C4H9NO2S. The first-order valence-electron chi connectivity index (χ1n) is 2.25. The minimum absolute atomic E-state index is 0.163. The Balaban J connectivity index is 3.21. The summed E-state index contributed by atoms with van der Waals surface area (Å²) in [5.74, 6) is 0.407. The minimum atomic E-state index is -0.451. The van der Waals surface area contributed by atoms with Crippen LogP contribution in [0.3, 0.4) is 0 Å². The van der Waals surface area contributed by atoms with Gasteiger partial charge in [-0.15, -0.1) is 0 Å². The van der Waals surface area contributed by atoms with Gasteiger partial charge in [0.25, 0.3) is 0 Å². The Labute approximate surface area is 53.5 Å². The summed E-state index contributed by atoms with van der Waals surface area (Å²) in [6, 6.07) is -0.451. The lowest BCUT2D eigenvalue weighted by Crippen LogP contribution is -2.32. The monoisotopic (exact) mass is 135 g/mol. The standard InChI is InChI=1S/C4H9NO2S/c6-1-4(2-7)5-3-8/h1,4-5,7-8H,2-3H2/t4-/m1/s1. The Bertz CT molecular complexity index is 69.1. The second kappa shape index (κ2) is 5.08. The first kappa shape index (κ1) is 7.94. The number of nitrogens with one attached hydrogen (secondary N) is 1. The van der Waals surface area contributed by atoms with Gasteiger partial charge in [-0.25, -0.2) is 0 Å². The van der Waals surface area contributed by atoms with E-state index in [0.29, 0.717) is 12.2 Å². The van der Waals surface area contributed by atoms with Crippen molar-refractivity contribution in [2.45, 2.75) is 6.04 Å². The van der Waals surface area contributed by atoms with Crippen LogP contribution in [0.1, 0.15) is 0 Å². The molecule has 0 aromatic rings. The van der Waals surface area contributed by atoms with Crippen molar-refractivity contribution in [1.29, 1.82) is 0 Å². The summed E-state index contributed by atoms with van der Waals surface area (Å²) in [5, 5.41) is 11.0. The first-order valence-corrected chi connectivity index (χ1v) is 2.88. The van der Waals surface area contributed by atoms with E-state index in [2.05, 4.69) is 17.9 Å². The van der Waals surface area contributed by atoms with E-state index in [-0.39, 0.29) is 6.61 Å². The van der Waals surface area contributed by atoms with Gasteiger partial charge < -0.3 is 9.90 Å². The summed E-state index contributed by atoms with van der Waals surface area (Å²) < 4.78 is 0. The molecule has 0 fully saturated rings. The van der Waals surface area contributed by atoms with Crippen molar-refractivity contribution in [2.24, 2.45) is 0 Å². The van der Waals surface area contributed by atoms with Crippen LogP contribution in [0.2, 0.25) is 0 Å². The summed E-state index contributed by atoms with van der Waals surface area (Å²) >= 11 is 3.79. The molecule has 1 atom stereocenters. The lowest BCUT2D eigenvalue weighted by Gasteiger charge is -2.03. The molecule has 0 aromatic carbocycles. The van der Waals surface area contributed by atoms with Gasteiger partial charge in [0.05, 0.1) is 12.6 Å². The lowest BCUT2D eigenvalue weighted by atomic mass is 10.4. The molecule has 0 amide bonds. The molecule has 0 unspecified atom stereocenters. The Morgan fingerprint density at radius 2 is 2.50 bits per heavy atom. The number of thiol groups is 1. The predicted molar refractivity (Wildman–Crippen MR) is 33.9 cm³/mol. The maximum absolute atomic E-state index is 9.87. The van der Waals surface area contributed by atoms with Gasteiger partial charge in [-0.1, -0.05) is 0 Å². The highest BCUT2D eigenvalue weighted by Crippen LogP contribution is 1.74. The van der Waals surface area contributed by atoms with Gasteiger partial charge in [-0.05, 0) is 0 Å². The van der Waals surface area contributed by atoms with Gasteiger partial charge in [0.15, 0.2) is 0 Å². The van der Waals surface area contributed by atoms with Crippen LogP contribution in [0.5, 0.6) is 0 Å². The predicted octanol–water partition coefficient (Wildman–Crippen LogP) is -0.977. The molecule has 0 radical (unpaired) electrons. The zero-order chi connectivity index (χ0) is 6.41. The molecule has 0 spiro atoms. The largest absolute Gasteiger partial charge is 0.394 e. The van der Waals surface area contributed by atoms with Crippen molar-refractivity contribution in [3.63, 3.8) is 0 Å². The number of hydrogen-bond acceptors (Lipinski definition) is 4. The van der Waals surface area contributed by atoms with Crippen LogP contribution in [0.25, 0.3) is 0 Å². The number of carbonyl (C=O) groups is 1. The van der Waals surface area contributed by atoms with Crippen LogP contribution in [0.15, 0.2) is 0 Å². The average Bonchev–Trinajstić information content (AvgIpc) is 1.83. The summed E-state index contributed by atoms with van der Waals surface area (Å²) in [5.41, 5.74) is 0. The lowest BCUT2D eigenvalue weighted by molar-refractivity contribution is -0.110. The summed E-state index contributed by atoms with van der Waals surface area (Å²) in [6.45, 7) is -0.163. The molecule has 0 saturated heterocycles. The molecule has 0 saturated carbocycles. The molecule has 0 aliphatic carbocycles. The Hall–Kier alpha value is -0.0600. The fourth-order valence-electron chi connectivity index (χ4n) is 0.273. The Morgan fingerprint density at radius 3 is 2.62 bits per heavy atom. The van der Waals surface area contributed by atoms with Crippen molar-refractivity contribution in [1.82, 2.24) is 5.32 Å². The molecule has 3 nitrogen and oxygen atoms in total. The van der Waals surface area contributed by atoms with Gasteiger partial charge in [-0.2, -0.15) is 12.6 Å². The van der Waals surface area contributed by atoms with Crippen molar-refractivity contribution < 1.29 is 9.90 Å². The number of aliphatic hydroxyl groups is 1. The second-order valence-corrected chi connectivity index (χ2v) is 1.60. The minimum Gasteiger partial charge on any atom is -0.394 e. The number of rotatable bonds is 4. The summed E-state index contributed by atoms with van der Waals surface area (Å²) in [7, 11) is 0. The van der Waals surface area contributed by atoms with Gasteiger partial charge in [0, 0.05) is 5.88 Å². The summed E-state index contributed by atoms with van der Waals surface area (Å²) in [6.07, 6.45) is 0.649. The third kappa shape index (κ3) is 3.01. The maximum Gasteiger partial charge on any atom is 0.139 e. The van der Waals surface area contributed by atoms with Crippen molar-refractivity contribution in [3.8, 4) is 0 Å². The van der Waals surface area contributed by atoms with Gasteiger partial charge >= 0.3 is 0 Å². The third-order valence-corrected chi connectivity index (χ3v) is 0.897. The fourth-order valence-corrected chi connectivity index (χ4v) is 0.507. The van der Waals surface area contributed by atoms with Crippen LogP contribution >= 0.6 is 12.6 Å². The van der Waals surface area contributed by atoms with Crippen LogP contribution < -0.4 is 5.32 Å². The quantitative estimate of drug-likeness (QED) is 0.264. The highest BCUT2D eigenvalue weighted by atomic mass is 32.1. The Morgan fingerprint density at radius 1 is 1.88 bits per heavy atom. The van der Waals surface area contributed by atoms with Gasteiger partial charge in [-0.3, -0.25) is 5.32 Å². The van der Waals surface area contributed by atoms with E-state index in [9.17, 15) is 4.79 Å². The van der Waals surface area contributed by atoms with E-state index in [4.69, 9.17) is 5.11 Å². The third-order valence-electron chi connectivity index (χ3n) is 0.714. The number of hydrogen-bond donors (Lipinski definition) is 3. The molecule has 0 rings (SSSR count). The van der Waals surface area contributed by atoms with Crippen molar-refractivity contribution in [2.75, 3.05) is 12.5 Å². The van der Waals surface area contributed by atoms with E-state index in [1.54, 1.807) is 0 Å². The zero-order valence-corrected chi connectivity index (χ0v) is 5.27. The van der Waals surface area contributed by atoms with Crippen molar-refractivity contribution in [3.05, 3.63) is 0 Å². The normalized spacial score (nSPS) is 13.2. The van der Waals surface area contributed by atoms with Crippen LogP contribution in [-0.2, 0) is 4.79 Å². The van der Waals surface area contributed by atoms with E-state index >= 15 is 0 Å². The smallest absolute Gasteiger partial charge is 0.139 e. The van der Waals surface area contributed by atoms with E-state index < -0.39 is 6.04 Å². The average molecular weight is 135 g/mol. The molecule has 8 heavy (non-hydrogen) atoms. The number of carbonyl (C=O) groups excluding carboxylic acids is 1. The first-order chi connectivity index (χ1) is 3.85. The molecule has 0 aliphatic rings. The highest BCUT2D eigenvalue weighted by molar-refractivity contribution is 7.80. The van der Waals surface area contributed by atoms with Crippen LogP contribution in [0.4, 0.5) is 0 Å². The fraction of sp³-hybridized carbons (Fsp3) is 0.750. The molecule has 0 aromatic heterocycles. The van der Waals surface area contributed by atoms with Gasteiger partial charge in [0.2, 0.25) is 0 Å². The topological polar surface area (TPSA) is 49.3 Å². The molecule has 48 valence electrons. The summed E-state index contributed by atoms with van der Waals surface area (Å²) in [4.78, 5) is 9.87. The number of aliphatic hydroxyl groups excluding tert-OH is 1. The highest BCUT2D eigenvalue weighted by Gasteiger charge is 1.99. The Kier molecular flexibility index (Phi) is 5.05. The van der Waals surface area contributed by atoms with Crippen LogP contribution in [0, 0.1) is 0 Å². The van der Waals surface area contributed by atoms with Crippen molar-refractivity contribution >= 4 is 18.9 Å². The molecule has 2 N–H and O–H groups in total. The maximum atomic E-state index is 9.87. The van der Waals surface area contributed by atoms with Gasteiger partial charge in [0.1, 0.15) is 6.29 Å². The molecular weight excluding hydrogens is 126 g/mol. The molecule has 0 aliphatic heterocycles. The van der Waals surface area contributed by atoms with E-state index in [0.717, 1.165) is 0 Å². The SMILES string of the molecule is O=C[C@H](CO)NCS. The molecule has 4 heteroatoms. The number of aldehydes is 1. The zero-order valence-electron chi connectivity index (χ0n) is 4.37. The van der Waals surface area contributed by atoms with Crippen LogP contribution in [-0.4, -0.2) is 29.9 Å².